The van der Waals surface area contributed by atoms with E-state index in [1.807, 2.05) is 0 Å². The maximum atomic E-state index is 11.7. The van der Waals surface area contributed by atoms with E-state index in [2.05, 4.69) is 5.32 Å². The van der Waals surface area contributed by atoms with Crippen molar-refractivity contribution in [3.8, 4) is 0 Å². The number of carbonyl (C=O) groups is 2. The van der Waals surface area contributed by atoms with Crippen LogP contribution >= 0.6 is 11.8 Å². The maximum Gasteiger partial charge on any atom is 0.324 e. The Morgan fingerprint density at radius 3 is 2.75 bits per heavy atom. The zero-order valence-corrected chi connectivity index (χ0v) is 10.2. The van der Waals surface area contributed by atoms with Crippen molar-refractivity contribution in [2.24, 2.45) is 0 Å². The molecule has 2 fully saturated rings. The summed E-state index contributed by atoms with van der Waals surface area (Å²) < 4.78 is 0. The Morgan fingerprint density at radius 2 is 2.12 bits per heavy atom. The van der Waals surface area contributed by atoms with E-state index in [1.165, 1.54) is 37.0 Å². The van der Waals surface area contributed by atoms with E-state index >= 15 is 0 Å². The molecule has 0 aromatic carbocycles. The largest absolute Gasteiger partial charge is 0.336 e. The van der Waals surface area contributed by atoms with Crippen LogP contribution < -0.4 is 5.32 Å². The van der Waals surface area contributed by atoms with E-state index in [0.29, 0.717) is 24.1 Å². The number of thioether (sulfide) groups is 1. The molecule has 0 bridgehead atoms. The fourth-order valence-electron chi connectivity index (χ4n) is 2.21. The molecule has 1 N–H and O–H groups in total. The molecule has 1 heterocycles. The summed E-state index contributed by atoms with van der Waals surface area (Å²) in [5, 5.41) is 3.27. The third-order valence-corrected chi connectivity index (χ3v) is 4.51. The molecule has 5 heteroatoms. The van der Waals surface area contributed by atoms with Crippen LogP contribution in [-0.2, 0) is 4.79 Å². The quantitative estimate of drug-likeness (QED) is 0.818. The van der Waals surface area contributed by atoms with E-state index in [1.54, 1.807) is 11.8 Å². The monoisotopic (exact) mass is 242 g/mol. The minimum atomic E-state index is -0.228. The number of imide groups is 1. The number of hydrogen-bond acceptors (Lipinski definition) is 3. The van der Waals surface area contributed by atoms with Crippen molar-refractivity contribution < 1.29 is 9.59 Å². The predicted octanol–water partition coefficient (Wildman–Crippen LogP) is 1.60. The molecule has 0 unspecified atom stereocenters. The van der Waals surface area contributed by atoms with E-state index in [0.717, 1.165) is 0 Å². The predicted molar refractivity (Wildman–Crippen MR) is 64.4 cm³/mol. The molecular formula is C11H18N2O2S. The summed E-state index contributed by atoms with van der Waals surface area (Å²) in [5.74, 6) is 0.420. The highest BCUT2D eigenvalue weighted by molar-refractivity contribution is 8.00. The van der Waals surface area contributed by atoms with Crippen molar-refractivity contribution in [3.05, 3.63) is 0 Å². The molecule has 90 valence electrons. The van der Waals surface area contributed by atoms with Crippen molar-refractivity contribution in [1.82, 2.24) is 10.2 Å². The van der Waals surface area contributed by atoms with Gasteiger partial charge in [0.1, 0.15) is 0 Å². The Kier molecular flexibility index (Phi) is 4.09. The number of nitrogens with one attached hydrogen (secondary N) is 1. The number of rotatable bonds is 3. The van der Waals surface area contributed by atoms with Gasteiger partial charge in [0.15, 0.2) is 0 Å². The van der Waals surface area contributed by atoms with Crippen LogP contribution in [0.15, 0.2) is 0 Å². The first kappa shape index (κ1) is 11.8. The Labute approximate surface area is 100 Å². The highest BCUT2D eigenvalue weighted by Gasteiger charge is 2.26. The molecule has 1 aliphatic carbocycles. The maximum absolute atomic E-state index is 11.7. The van der Waals surface area contributed by atoms with Crippen LogP contribution in [0.5, 0.6) is 0 Å². The van der Waals surface area contributed by atoms with Crippen molar-refractivity contribution in [2.75, 3.05) is 18.8 Å². The lowest BCUT2D eigenvalue weighted by atomic mass is 10.0. The molecule has 2 rings (SSSR count). The molecule has 3 amide bonds. The topological polar surface area (TPSA) is 49.4 Å². The fourth-order valence-corrected chi connectivity index (χ4v) is 3.41. The third kappa shape index (κ3) is 2.90. The smallest absolute Gasteiger partial charge is 0.324 e. The second-order valence-corrected chi connectivity index (χ2v) is 5.64. The van der Waals surface area contributed by atoms with Gasteiger partial charge in [0.05, 0.1) is 5.75 Å². The van der Waals surface area contributed by atoms with Gasteiger partial charge in [-0.25, -0.2) is 4.79 Å². The third-order valence-electron chi connectivity index (χ3n) is 3.15. The standard InChI is InChI=1S/C11H18N2O2S/c14-10(13-7-6-12-11(13)15)8-16-9-4-2-1-3-5-9/h9H,1-8H2,(H,12,15). The first-order chi connectivity index (χ1) is 7.77. The highest BCUT2D eigenvalue weighted by atomic mass is 32.2. The summed E-state index contributed by atoms with van der Waals surface area (Å²) in [6.07, 6.45) is 6.36. The molecule has 0 atom stereocenters. The molecular weight excluding hydrogens is 224 g/mol. The van der Waals surface area contributed by atoms with Crippen LogP contribution in [-0.4, -0.2) is 40.9 Å². The molecule has 0 radical (unpaired) electrons. The van der Waals surface area contributed by atoms with Crippen molar-refractivity contribution in [1.29, 1.82) is 0 Å². The van der Waals surface area contributed by atoms with Gasteiger partial charge in [0.25, 0.3) is 0 Å². The average molecular weight is 242 g/mol. The molecule has 4 nitrogen and oxygen atoms in total. The van der Waals surface area contributed by atoms with Gasteiger partial charge >= 0.3 is 6.03 Å². The van der Waals surface area contributed by atoms with Gasteiger partial charge < -0.3 is 5.32 Å². The van der Waals surface area contributed by atoms with Crippen LogP contribution in [0, 0.1) is 0 Å². The zero-order chi connectivity index (χ0) is 11.4. The number of amides is 3. The molecule has 1 saturated heterocycles. The van der Waals surface area contributed by atoms with Crippen LogP contribution in [0.2, 0.25) is 0 Å². The minimum absolute atomic E-state index is 0.0365. The first-order valence-electron chi connectivity index (χ1n) is 5.97. The summed E-state index contributed by atoms with van der Waals surface area (Å²) in [7, 11) is 0. The molecule has 0 spiro atoms. The van der Waals surface area contributed by atoms with Crippen LogP contribution in [0.25, 0.3) is 0 Å². The van der Waals surface area contributed by atoms with E-state index in [-0.39, 0.29) is 11.9 Å². The second-order valence-electron chi connectivity index (χ2n) is 4.35. The van der Waals surface area contributed by atoms with Crippen LogP contribution in [0.4, 0.5) is 4.79 Å². The van der Waals surface area contributed by atoms with Gasteiger partial charge in [-0.1, -0.05) is 19.3 Å². The Balaban J connectivity index is 1.72. The van der Waals surface area contributed by atoms with Gasteiger partial charge in [-0.05, 0) is 12.8 Å². The summed E-state index contributed by atoms with van der Waals surface area (Å²) in [4.78, 5) is 24.3. The Morgan fingerprint density at radius 1 is 1.38 bits per heavy atom. The average Bonchev–Trinajstić information content (AvgIpc) is 2.74. The SMILES string of the molecule is O=C(CSC1CCCCC1)N1CCNC1=O. The zero-order valence-electron chi connectivity index (χ0n) is 9.41. The lowest BCUT2D eigenvalue weighted by Crippen LogP contribution is -2.35. The summed E-state index contributed by atoms with van der Waals surface area (Å²) in [6, 6.07) is -0.228. The molecule has 1 saturated carbocycles. The lowest BCUT2D eigenvalue weighted by Gasteiger charge is -2.21. The number of carbonyl (C=O) groups excluding carboxylic acids is 2. The van der Waals surface area contributed by atoms with Crippen molar-refractivity contribution in [3.63, 3.8) is 0 Å². The van der Waals surface area contributed by atoms with Gasteiger partial charge in [-0.3, -0.25) is 9.69 Å². The second kappa shape index (κ2) is 5.57. The van der Waals surface area contributed by atoms with E-state index < -0.39 is 0 Å². The minimum Gasteiger partial charge on any atom is -0.336 e. The molecule has 0 aromatic rings. The molecule has 16 heavy (non-hydrogen) atoms. The van der Waals surface area contributed by atoms with E-state index in [4.69, 9.17) is 0 Å². The van der Waals surface area contributed by atoms with E-state index in [9.17, 15) is 9.59 Å². The number of nitrogens with zero attached hydrogens (tertiary/aromatic N) is 1. The normalized spacial score (nSPS) is 22.2. The van der Waals surface area contributed by atoms with Crippen molar-refractivity contribution >= 4 is 23.7 Å². The summed E-state index contributed by atoms with van der Waals surface area (Å²) in [6.45, 7) is 1.13. The molecule has 2 aliphatic rings. The van der Waals surface area contributed by atoms with Crippen LogP contribution in [0.1, 0.15) is 32.1 Å². The Bertz CT molecular complexity index is 277. The summed E-state index contributed by atoms with van der Waals surface area (Å²) >= 11 is 1.72. The lowest BCUT2D eigenvalue weighted by molar-refractivity contribution is -0.124. The van der Waals surface area contributed by atoms with Crippen LogP contribution in [0.3, 0.4) is 0 Å². The molecule has 1 aliphatic heterocycles. The van der Waals surface area contributed by atoms with Crippen molar-refractivity contribution in [2.45, 2.75) is 37.4 Å². The number of hydrogen-bond donors (Lipinski definition) is 1. The first-order valence-corrected chi connectivity index (χ1v) is 7.02. The highest BCUT2D eigenvalue weighted by Crippen LogP contribution is 2.28. The molecule has 0 aromatic heterocycles. The summed E-state index contributed by atoms with van der Waals surface area (Å²) in [5.41, 5.74) is 0. The van der Waals surface area contributed by atoms with Gasteiger partial charge in [0.2, 0.25) is 5.91 Å². The Hall–Kier alpha value is -0.710. The van der Waals surface area contributed by atoms with Gasteiger partial charge in [-0.2, -0.15) is 0 Å². The van der Waals surface area contributed by atoms with Gasteiger partial charge in [0, 0.05) is 18.3 Å². The van der Waals surface area contributed by atoms with Gasteiger partial charge in [-0.15, -0.1) is 11.8 Å². The number of urea groups is 1. The fraction of sp³-hybridized carbons (Fsp3) is 0.818.